The topological polar surface area (TPSA) is 95.9 Å². The normalized spacial score (nSPS) is 11.5. The van der Waals surface area contributed by atoms with Gasteiger partial charge in [-0.1, -0.05) is 36.4 Å². The van der Waals surface area contributed by atoms with E-state index < -0.39 is 18.1 Å². The second-order valence-corrected chi connectivity index (χ2v) is 5.94. The number of hydrogen-bond acceptors (Lipinski definition) is 4. The molecule has 2 aromatic rings. The average Bonchev–Trinajstić information content (AvgIpc) is 2.56. The molecule has 0 radical (unpaired) electrons. The summed E-state index contributed by atoms with van der Waals surface area (Å²) in [4.78, 5) is 23.1. The molecule has 0 bridgehead atoms. The fourth-order valence-corrected chi connectivity index (χ4v) is 2.45. The van der Waals surface area contributed by atoms with Crippen molar-refractivity contribution in [3.8, 4) is 5.75 Å². The Bertz CT molecular complexity index is 720. The lowest BCUT2D eigenvalue weighted by molar-refractivity contribution is -0.139. The minimum atomic E-state index is -1.17. The first kappa shape index (κ1) is 17.8. The number of halogens is 1. The van der Waals surface area contributed by atoms with Crippen LogP contribution in [0.5, 0.6) is 5.75 Å². The van der Waals surface area contributed by atoms with Crippen molar-refractivity contribution >= 4 is 28.0 Å². The molecule has 0 fully saturated rings. The monoisotopic (exact) mass is 393 g/mol. The number of alkyl carbamates (subject to hydrolysis) is 1. The van der Waals surface area contributed by atoms with E-state index in [0.29, 0.717) is 10.0 Å². The van der Waals surface area contributed by atoms with Gasteiger partial charge in [0.2, 0.25) is 0 Å². The summed E-state index contributed by atoms with van der Waals surface area (Å²) in [5.74, 6) is -1.11. The first-order valence-electron chi connectivity index (χ1n) is 7.13. The Hall–Kier alpha value is -2.54. The van der Waals surface area contributed by atoms with Gasteiger partial charge in [-0.2, -0.15) is 0 Å². The summed E-state index contributed by atoms with van der Waals surface area (Å²) >= 11 is 3.17. The van der Waals surface area contributed by atoms with Crippen molar-refractivity contribution in [2.24, 2.45) is 0 Å². The van der Waals surface area contributed by atoms with Gasteiger partial charge in [-0.05, 0) is 39.2 Å². The quantitative estimate of drug-likeness (QED) is 0.700. The van der Waals surface area contributed by atoms with Gasteiger partial charge in [0.15, 0.2) is 0 Å². The van der Waals surface area contributed by atoms with Crippen molar-refractivity contribution in [1.29, 1.82) is 0 Å². The Kier molecular flexibility index (Phi) is 6.20. The summed E-state index contributed by atoms with van der Waals surface area (Å²) < 4.78 is 5.48. The second kappa shape index (κ2) is 8.35. The molecule has 1 unspecified atom stereocenters. The first-order chi connectivity index (χ1) is 11.5. The van der Waals surface area contributed by atoms with Gasteiger partial charge < -0.3 is 20.3 Å². The maximum atomic E-state index is 11.8. The van der Waals surface area contributed by atoms with Gasteiger partial charge in [-0.3, -0.25) is 0 Å². The summed E-state index contributed by atoms with van der Waals surface area (Å²) in [5.41, 5.74) is 1.46. The largest absolute Gasteiger partial charge is 0.507 e. The number of carbonyl (C=O) groups excluding carboxylic acids is 1. The van der Waals surface area contributed by atoms with E-state index >= 15 is 0 Å². The van der Waals surface area contributed by atoms with E-state index in [9.17, 15) is 19.8 Å². The van der Waals surface area contributed by atoms with Gasteiger partial charge in [-0.15, -0.1) is 0 Å². The SMILES string of the molecule is O=C(NC(Cc1ccc(O)c(Br)c1)C(=O)O)OCc1ccccc1. The highest BCUT2D eigenvalue weighted by Crippen LogP contribution is 2.24. The highest BCUT2D eigenvalue weighted by Gasteiger charge is 2.21. The lowest BCUT2D eigenvalue weighted by Crippen LogP contribution is -2.42. The predicted octanol–water partition coefficient (Wildman–Crippen LogP) is 3.08. The van der Waals surface area contributed by atoms with Gasteiger partial charge in [0.1, 0.15) is 18.4 Å². The van der Waals surface area contributed by atoms with E-state index in [1.807, 2.05) is 18.2 Å². The van der Waals surface area contributed by atoms with Crippen molar-refractivity contribution in [2.45, 2.75) is 19.1 Å². The number of carbonyl (C=O) groups is 2. The zero-order chi connectivity index (χ0) is 17.5. The van der Waals surface area contributed by atoms with Crippen LogP contribution in [0.2, 0.25) is 0 Å². The van der Waals surface area contributed by atoms with Gasteiger partial charge in [0, 0.05) is 6.42 Å². The number of aromatic hydroxyl groups is 1. The molecule has 126 valence electrons. The van der Waals surface area contributed by atoms with Crippen LogP contribution in [0.4, 0.5) is 4.79 Å². The van der Waals surface area contributed by atoms with E-state index in [1.54, 1.807) is 24.3 Å². The molecule has 0 aliphatic carbocycles. The molecule has 6 nitrogen and oxygen atoms in total. The molecule has 7 heteroatoms. The van der Waals surface area contributed by atoms with Crippen molar-refractivity contribution in [3.63, 3.8) is 0 Å². The fraction of sp³-hybridized carbons (Fsp3) is 0.176. The van der Waals surface area contributed by atoms with Crippen LogP contribution in [-0.4, -0.2) is 28.3 Å². The van der Waals surface area contributed by atoms with Crippen LogP contribution in [0.25, 0.3) is 0 Å². The van der Waals surface area contributed by atoms with E-state index in [-0.39, 0.29) is 18.8 Å². The number of benzene rings is 2. The van der Waals surface area contributed by atoms with Crippen molar-refractivity contribution < 1.29 is 24.5 Å². The standard InChI is InChI=1S/C17H16BrNO5/c18-13-8-12(6-7-15(13)20)9-14(16(21)22)19-17(23)24-10-11-4-2-1-3-5-11/h1-8,14,20H,9-10H2,(H,19,23)(H,21,22). The number of nitrogens with one attached hydrogen (secondary N) is 1. The molecule has 3 N–H and O–H groups in total. The molecule has 24 heavy (non-hydrogen) atoms. The summed E-state index contributed by atoms with van der Waals surface area (Å²) in [7, 11) is 0. The maximum absolute atomic E-state index is 11.8. The average molecular weight is 394 g/mol. The zero-order valence-electron chi connectivity index (χ0n) is 12.6. The fourth-order valence-electron chi connectivity index (χ4n) is 2.02. The molecule has 2 aromatic carbocycles. The highest BCUT2D eigenvalue weighted by atomic mass is 79.9. The number of carboxylic acid groups (broad SMARTS) is 1. The van der Waals surface area contributed by atoms with Crippen LogP contribution in [-0.2, 0) is 22.6 Å². The molecule has 0 heterocycles. The molecule has 1 amide bonds. The molecule has 0 saturated heterocycles. The molecule has 0 aromatic heterocycles. The smallest absolute Gasteiger partial charge is 0.408 e. The van der Waals surface area contributed by atoms with E-state index in [2.05, 4.69) is 21.2 Å². The number of phenolic OH excluding ortho intramolecular Hbond substituents is 1. The lowest BCUT2D eigenvalue weighted by Gasteiger charge is -2.15. The van der Waals surface area contributed by atoms with Gasteiger partial charge in [0.05, 0.1) is 4.47 Å². The number of ether oxygens (including phenoxy) is 1. The molecule has 2 rings (SSSR count). The van der Waals surface area contributed by atoms with Crippen LogP contribution in [0.15, 0.2) is 53.0 Å². The minimum Gasteiger partial charge on any atom is -0.507 e. The van der Waals surface area contributed by atoms with Crippen molar-refractivity contribution in [1.82, 2.24) is 5.32 Å². The first-order valence-corrected chi connectivity index (χ1v) is 7.92. The van der Waals surface area contributed by atoms with Crippen LogP contribution < -0.4 is 5.32 Å². The molecule has 0 saturated carbocycles. The molecular formula is C17H16BrNO5. The van der Waals surface area contributed by atoms with Gasteiger partial charge >= 0.3 is 12.1 Å². The van der Waals surface area contributed by atoms with Crippen LogP contribution in [0.3, 0.4) is 0 Å². The maximum Gasteiger partial charge on any atom is 0.408 e. The Morgan fingerprint density at radius 1 is 1.12 bits per heavy atom. The Morgan fingerprint density at radius 3 is 2.46 bits per heavy atom. The zero-order valence-corrected chi connectivity index (χ0v) is 14.2. The Morgan fingerprint density at radius 2 is 1.83 bits per heavy atom. The molecule has 1 atom stereocenters. The van der Waals surface area contributed by atoms with Crippen LogP contribution in [0.1, 0.15) is 11.1 Å². The lowest BCUT2D eigenvalue weighted by atomic mass is 10.1. The molecular weight excluding hydrogens is 378 g/mol. The summed E-state index contributed by atoms with van der Waals surface area (Å²) in [5, 5.41) is 21.0. The Labute approximate surface area is 147 Å². The van der Waals surface area contributed by atoms with E-state index in [1.165, 1.54) is 6.07 Å². The number of phenols is 1. The third-order valence-corrected chi connectivity index (χ3v) is 3.89. The summed E-state index contributed by atoms with van der Waals surface area (Å²) in [6.07, 6.45) is -0.738. The minimum absolute atomic E-state index is 0.0563. The van der Waals surface area contributed by atoms with Crippen LogP contribution in [0, 0.1) is 0 Å². The summed E-state index contributed by atoms with van der Waals surface area (Å²) in [6.45, 7) is 0.0593. The molecule has 0 aliphatic rings. The second-order valence-electron chi connectivity index (χ2n) is 5.09. The van der Waals surface area contributed by atoms with Gasteiger partial charge in [0.25, 0.3) is 0 Å². The van der Waals surface area contributed by atoms with Crippen molar-refractivity contribution in [3.05, 3.63) is 64.1 Å². The Balaban J connectivity index is 1.93. The summed E-state index contributed by atoms with van der Waals surface area (Å²) in [6, 6.07) is 12.6. The number of aliphatic carboxylic acids is 1. The number of hydrogen-bond donors (Lipinski definition) is 3. The van der Waals surface area contributed by atoms with Crippen molar-refractivity contribution in [2.75, 3.05) is 0 Å². The number of carboxylic acids is 1. The number of rotatable bonds is 6. The molecule has 0 aliphatic heterocycles. The predicted molar refractivity (Wildman–Crippen MR) is 90.7 cm³/mol. The van der Waals surface area contributed by atoms with E-state index in [0.717, 1.165) is 5.56 Å². The molecule has 0 spiro atoms. The van der Waals surface area contributed by atoms with Crippen LogP contribution >= 0.6 is 15.9 Å². The third kappa shape index (κ3) is 5.27. The highest BCUT2D eigenvalue weighted by molar-refractivity contribution is 9.10. The number of amides is 1. The van der Waals surface area contributed by atoms with E-state index in [4.69, 9.17) is 4.74 Å². The van der Waals surface area contributed by atoms with Gasteiger partial charge in [-0.25, -0.2) is 9.59 Å². The third-order valence-electron chi connectivity index (χ3n) is 3.25.